The first-order valence-electron chi connectivity index (χ1n) is 12.3. The first-order valence-corrected chi connectivity index (χ1v) is 12.3. The van der Waals surface area contributed by atoms with E-state index >= 15 is 0 Å². The summed E-state index contributed by atoms with van der Waals surface area (Å²) in [7, 11) is 1.61. The molecule has 2 rings (SSSR count). The summed E-state index contributed by atoms with van der Waals surface area (Å²) in [6.45, 7) is 14.8. The first-order chi connectivity index (χ1) is 16.6. The summed E-state index contributed by atoms with van der Waals surface area (Å²) in [6, 6.07) is 13.4. The molecule has 0 aliphatic carbocycles. The quantitative estimate of drug-likeness (QED) is 0.575. The van der Waals surface area contributed by atoms with Gasteiger partial charge in [0, 0.05) is 19.0 Å². The molecule has 2 N–H and O–H groups in total. The molecule has 3 amide bonds. The van der Waals surface area contributed by atoms with Gasteiger partial charge in [-0.1, -0.05) is 48.5 Å². The van der Waals surface area contributed by atoms with Gasteiger partial charge in [0.2, 0.25) is 11.8 Å². The number of alkyl carbamates (subject to hydrolysis) is 1. The van der Waals surface area contributed by atoms with Crippen LogP contribution < -0.4 is 10.6 Å². The minimum Gasteiger partial charge on any atom is -0.444 e. The third-order valence-electron chi connectivity index (χ3n) is 5.57. The number of carbonyl (C=O) groups is 3. The van der Waals surface area contributed by atoms with Crippen LogP contribution in [0.5, 0.6) is 0 Å². The van der Waals surface area contributed by atoms with Crippen LogP contribution in [0, 0.1) is 13.8 Å². The number of rotatable bonds is 7. The zero-order valence-corrected chi connectivity index (χ0v) is 23.1. The maximum absolute atomic E-state index is 13.9. The Balaban J connectivity index is 2.49. The minimum absolute atomic E-state index is 0.254. The average molecular weight is 496 g/mol. The normalized spacial score (nSPS) is 13.4. The zero-order chi connectivity index (χ0) is 27.3. The second-order valence-corrected chi connectivity index (χ2v) is 11.3. The van der Waals surface area contributed by atoms with Crippen molar-refractivity contribution in [1.29, 1.82) is 0 Å². The lowest BCUT2D eigenvalue weighted by Crippen LogP contribution is -2.54. The standard InChI is InChI=1S/C29H41N3O4/c1-19-14-13-15-20(2)23(19)24(25(33)31-28(3,4)5)32(9)26(34)22(18-21-16-11-10-12-17-21)30-27(35)36-29(6,7)8/h10-17,22,24H,18H2,1-9H3,(H,30,35)(H,31,33). The number of hydrogen-bond acceptors (Lipinski definition) is 4. The molecule has 2 aromatic rings. The van der Waals surface area contributed by atoms with Crippen molar-refractivity contribution in [2.45, 2.75) is 85.0 Å². The Bertz CT molecular complexity index is 1050. The van der Waals surface area contributed by atoms with Gasteiger partial charge in [0.15, 0.2) is 0 Å². The summed E-state index contributed by atoms with van der Waals surface area (Å²) in [4.78, 5) is 41.6. The molecule has 2 unspecified atom stereocenters. The average Bonchev–Trinajstić information content (AvgIpc) is 2.73. The fraction of sp³-hybridized carbons (Fsp3) is 0.483. The number of likely N-dealkylation sites (N-methyl/N-ethyl adjacent to an activating group) is 1. The van der Waals surface area contributed by atoms with Crippen molar-refractivity contribution in [3.8, 4) is 0 Å². The van der Waals surface area contributed by atoms with Crippen molar-refractivity contribution >= 4 is 17.9 Å². The molecule has 0 fully saturated rings. The molecular weight excluding hydrogens is 454 g/mol. The van der Waals surface area contributed by atoms with E-state index in [0.717, 1.165) is 22.3 Å². The summed E-state index contributed by atoms with van der Waals surface area (Å²) in [5.74, 6) is -0.673. The number of aryl methyl sites for hydroxylation is 2. The molecule has 0 radical (unpaired) electrons. The minimum atomic E-state index is -0.929. The van der Waals surface area contributed by atoms with E-state index in [1.54, 1.807) is 27.8 Å². The summed E-state index contributed by atoms with van der Waals surface area (Å²) in [6.07, 6.45) is -0.433. The van der Waals surface area contributed by atoms with Gasteiger partial charge in [0.05, 0.1) is 0 Å². The largest absolute Gasteiger partial charge is 0.444 e. The zero-order valence-electron chi connectivity index (χ0n) is 23.1. The summed E-state index contributed by atoms with van der Waals surface area (Å²) < 4.78 is 5.43. The van der Waals surface area contributed by atoms with Crippen LogP contribution in [0.4, 0.5) is 4.79 Å². The van der Waals surface area contributed by atoms with Crippen molar-refractivity contribution in [3.63, 3.8) is 0 Å². The SMILES string of the molecule is Cc1cccc(C)c1C(C(=O)NC(C)(C)C)N(C)C(=O)C(Cc1ccccc1)NC(=O)OC(C)(C)C. The molecule has 0 saturated carbocycles. The van der Waals surface area contributed by atoms with Crippen molar-refractivity contribution in [3.05, 3.63) is 70.8 Å². The van der Waals surface area contributed by atoms with Crippen LogP contribution in [-0.4, -0.2) is 47.0 Å². The molecule has 196 valence electrons. The monoisotopic (exact) mass is 495 g/mol. The topological polar surface area (TPSA) is 87.7 Å². The van der Waals surface area contributed by atoms with Crippen molar-refractivity contribution in [2.75, 3.05) is 7.05 Å². The number of benzene rings is 2. The number of nitrogens with zero attached hydrogens (tertiary/aromatic N) is 1. The van der Waals surface area contributed by atoms with Crippen LogP contribution in [0.2, 0.25) is 0 Å². The van der Waals surface area contributed by atoms with E-state index < -0.39 is 29.3 Å². The van der Waals surface area contributed by atoms with E-state index in [0.29, 0.717) is 0 Å². The fourth-order valence-electron chi connectivity index (χ4n) is 4.07. The van der Waals surface area contributed by atoms with E-state index in [-0.39, 0.29) is 18.2 Å². The Kier molecular flexibility index (Phi) is 9.30. The number of hydrogen-bond donors (Lipinski definition) is 2. The lowest BCUT2D eigenvalue weighted by Gasteiger charge is -2.35. The second-order valence-electron chi connectivity index (χ2n) is 11.3. The number of nitrogens with one attached hydrogen (secondary N) is 2. The van der Waals surface area contributed by atoms with E-state index in [9.17, 15) is 14.4 Å². The van der Waals surface area contributed by atoms with E-state index in [4.69, 9.17) is 4.74 Å². The summed E-state index contributed by atoms with van der Waals surface area (Å²) >= 11 is 0. The Morgan fingerprint density at radius 1 is 0.889 bits per heavy atom. The van der Waals surface area contributed by atoms with Crippen LogP contribution in [0.1, 0.15) is 69.8 Å². The first kappa shape index (κ1) is 28.9. The fourth-order valence-corrected chi connectivity index (χ4v) is 4.07. The maximum atomic E-state index is 13.9. The van der Waals surface area contributed by atoms with Gasteiger partial charge in [-0.05, 0) is 77.6 Å². The van der Waals surface area contributed by atoms with Gasteiger partial charge in [-0.15, -0.1) is 0 Å². The molecule has 0 aromatic heterocycles. The molecule has 0 bridgehead atoms. The molecular formula is C29H41N3O4. The molecule has 0 saturated heterocycles. The molecule has 0 aliphatic rings. The smallest absolute Gasteiger partial charge is 0.408 e. The van der Waals surface area contributed by atoms with Crippen LogP contribution in [0.15, 0.2) is 48.5 Å². The highest BCUT2D eigenvalue weighted by Gasteiger charge is 2.36. The van der Waals surface area contributed by atoms with Gasteiger partial charge in [-0.3, -0.25) is 9.59 Å². The van der Waals surface area contributed by atoms with Crippen molar-refractivity contribution in [1.82, 2.24) is 15.5 Å². The molecule has 2 atom stereocenters. The number of ether oxygens (including phenoxy) is 1. The van der Waals surface area contributed by atoms with Gasteiger partial charge >= 0.3 is 6.09 Å². The van der Waals surface area contributed by atoms with Gasteiger partial charge in [0.25, 0.3) is 0 Å². The number of carbonyl (C=O) groups excluding carboxylic acids is 3. The molecule has 0 heterocycles. The Labute approximate surface area is 215 Å². The predicted octanol–water partition coefficient (Wildman–Crippen LogP) is 4.85. The van der Waals surface area contributed by atoms with Gasteiger partial charge in [0.1, 0.15) is 17.7 Å². The Morgan fingerprint density at radius 2 is 1.44 bits per heavy atom. The third-order valence-corrected chi connectivity index (χ3v) is 5.57. The number of amides is 3. The highest BCUT2D eigenvalue weighted by atomic mass is 16.6. The van der Waals surface area contributed by atoms with E-state index in [2.05, 4.69) is 10.6 Å². The third kappa shape index (κ3) is 8.40. The van der Waals surface area contributed by atoms with Gasteiger partial charge < -0.3 is 20.3 Å². The van der Waals surface area contributed by atoms with Gasteiger partial charge in [-0.25, -0.2) is 4.79 Å². The lowest BCUT2D eigenvalue weighted by molar-refractivity contribution is -0.141. The molecule has 36 heavy (non-hydrogen) atoms. The van der Waals surface area contributed by atoms with Crippen LogP contribution in [0.3, 0.4) is 0 Å². The van der Waals surface area contributed by atoms with E-state index in [1.807, 2.05) is 83.1 Å². The maximum Gasteiger partial charge on any atom is 0.408 e. The van der Waals surface area contributed by atoms with E-state index in [1.165, 1.54) is 4.90 Å². The molecule has 7 nitrogen and oxygen atoms in total. The lowest BCUT2D eigenvalue weighted by atomic mass is 9.93. The summed E-state index contributed by atoms with van der Waals surface area (Å²) in [5, 5.41) is 5.76. The summed E-state index contributed by atoms with van der Waals surface area (Å²) in [5.41, 5.74) is 2.25. The van der Waals surface area contributed by atoms with Crippen molar-refractivity contribution < 1.29 is 19.1 Å². The second kappa shape index (κ2) is 11.6. The highest BCUT2D eigenvalue weighted by molar-refractivity contribution is 5.92. The van der Waals surface area contributed by atoms with Gasteiger partial charge in [-0.2, -0.15) is 0 Å². The highest BCUT2D eigenvalue weighted by Crippen LogP contribution is 2.28. The Morgan fingerprint density at radius 3 is 1.94 bits per heavy atom. The molecule has 0 spiro atoms. The van der Waals surface area contributed by atoms with Crippen molar-refractivity contribution in [2.24, 2.45) is 0 Å². The molecule has 0 aliphatic heterocycles. The van der Waals surface area contributed by atoms with Crippen LogP contribution >= 0.6 is 0 Å². The molecule has 2 aromatic carbocycles. The molecule has 7 heteroatoms. The predicted molar refractivity (Wildman–Crippen MR) is 143 cm³/mol. The Hall–Kier alpha value is -3.35. The van der Waals surface area contributed by atoms with Crippen LogP contribution in [0.25, 0.3) is 0 Å². The van der Waals surface area contributed by atoms with Crippen LogP contribution in [-0.2, 0) is 20.7 Å².